The van der Waals surface area contributed by atoms with Gasteiger partial charge in [-0.1, -0.05) is 34.6 Å². The Balaban J connectivity index is 2.16. The number of aliphatic hydroxyl groups excluding tert-OH is 4. The van der Waals surface area contributed by atoms with Gasteiger partial charge in [0.2, 0.25) is 0 Å². The van der Waals surface area contributed by atoms with Gasteiger partial charge in [0, 0.05) is 31.1 Å². The first-order valence-corrected chi connectivity index (χ1v) is 14.6. The van der Waals surface area contributed by atoms with Crippen LogP contribution in [0.5, 0.6) is 0 Å². The number of hydrogen-bond acceptors (Lipinski definition) is 9. The smallest absolute Gasteiger partial charge is 0.306 e. The summed E-state index contributed by atoms with van der Waals surface area (Å²) in [4.78, 5) is 24.4. The van der Waals surface area contributed by atoms with Crippen LogP contribution in [0.1, 0.15) is 98.8 Å². The maximum Gasteiger partial charge on any atom is 0.306 e. The number of esters is 1. The highest BCUT2D eigenvalue weighted by atomic mass is 16.6. The summed E-state index contributed by atoms with van der Waals surface area (Å²) in [7, 11) is 0. The van der Waals surface area contributed by atoms with Crippen LogP contribution in [-0.4, -0.2) is 87.6 Å². The molecule has 38 heavy (non-hydrogen) atoms. The van der Waals surface area contributed by atoms with Crippen molar-refractivity contribution in [1.29, 1.82) is 0 Å². The van der Waals surface area contributed by atoms with E-state index in [1.54, 1.807) is 6.92 Å². The molecule has 1 aliphatic carbocycles. The zero-order valence-corrected chi connectivity index (χ0v) is 24.1. The second kappa shape index (κ2) is 15.1. The molecular weight excluding hydrogens is 492 g/mol. The summed E-state index contributed by atoms with van der Waals surface area (Å²) in [6, 6.07) is 0. The third-order valence-corrected chi connectivity index (χ3v) is 8.95. The van der Waals surface area contributed by atoms with Gasteiger partial charge in [-0.3, -0.25) is 9.59 Å². The molecule has 2 aliphatic rings. The maximum atomic E-state index is 12.2. The lowest BCUT2D eigenvalue weighted by Gasteiger charge is -2.45. The first kappa shape index (κ1) is 33.1. The molecule has 1 saturated heterocycles. The summed E-state index contributed by atoms with van der Waals surface area (Å²) >= 11 is 0. The molecule has 0 radical (unpaired) electrons. The molecule has 0 aromatic heterocycles. The molecular formula is C29H52O9. The molecule has 1 aliphatic heterocycles. The zero-order chi connectivity index (χ0) is 28.5. The van der Waals surface area contributed by atoms with Crippen LogP contribution < -0.4 is 0 Å². The number of carbonyl (C=O) groups is 2. The third-order valence-electron chi connectivity index (χ3n) is 8.95. The number of hydrogen-bond donors (Lipinski definition) is 4. The Morgan fingerprint density at radius 2 is 1.71 bits per heavy atom. The van der Waals surface area contributed by atoms with E-state index in [9.17, 15) is 30.0 Å². The summed E-state index contributed by atoms with van der Waals surface area (Å²) in [5.74, 6) is -0.555. The average Bonchev–Trinajstić information content (AvgIpc) is 2.92. The van der Waals surface area contributed by atoms with Gasteiger partial charge < -0.3 is 34.6 Å². The molecule has 1 heterocycles. The minimum atomic E-state index is -1.11. The fraction of sp³-hybridized carbons (Fsp3) is 0.931. The topological polar surface area (TPSA) is 143 Å². The van der Waals surface area contributed by atoms with E-state index in [4.69, 9.17) is 14.2 Å². The van der Waals surface area contributed by atoms with E-state index in [2.05, 4.69) is 0 Å². The zero-order valence-electron chi connectivity index (χ0n) is 24.1. The van der Waals surface area contributed by atoms with E-state index in [0.29, 0.717) is 57.8 Å². The molecule has 9 heteroatoms. The Labute approximate surface area is 228 Å². The van der Waals surface area contributed by atoms with Crippen LogP contribution in [0.3, 0.4) is 0 Å². The summed E-state index contributed by atoms with van der Waals surface area (Å²) in [6.07, 6.45) is 1.47. The molecule has 2 fully saturated rings. The summed E-state index contributed by atoms with van der Waals surface area (Å²) in [6.45, 7) is 9.09. The maximum absolute atomic E-state index is 12.2. The van der Waals surface area contributed by atoms with Crippen LogP contribution in [0.15, 0.2) is 0 Å². The first-order valence-electron chi connectivity index (χ1n) is 14.6. The van der Waals surface area contributed by atoms with Gasteiger partial charge in [-0.2, -0.15) is 0 Å². The largest absolute Gasteiger partial charge is 0.459 e. The molecule has 0 aromatic carbocycles. The average molecular weight is 545 g/mol. The van der Waals surface area contributed by atoms with E-state index >= 15 is 0 Å². The second-order valence-electron chi connectivity index (χ2n) is 11.5. The van der Waals surface area contributed by atoms with Crippen molar-refractivity contribution >= 4 is 11.8 Å². The standard InChI is InChI=1S/C29H52O9/c1-6-22(27-19(5)14-28(9-4,38-26(35)8-3)15-21(31)17-36-27)24(33)18-37-29(25(34)16-30)12-10-20(11-13-29)23(32)7-2/h19-22,24-25,27,30-31,33-34H,6-18H2,1-5H3. The molecule has 9 nitrogen and oxygen atoms in total. The van der Waals surface area contributed by atoms with E-state index in [1.165, 1.54) is 0 Å². The molecule has 4 N–H and O–H groups in total. The highest BCUT2D eigenvalue weighted by Gasteiger charge is 2.46. The molecule has 2 rings (SSSR count). The van der Waals surface area contributed by atoms with Crippen molar-refractivity contribution < 1.29 is 44.2 Å². The SMILES string of the molecule is CCC(=O)OC1(CC)CC(O)COC(C(CC)C(O)COC2(C(O)CO)CCC(C(=O)CC)CC2)C(C)C1. The lowest BCUT2D eigenvalue weighted by atomic mass is 9.74. The van der Waals surface area contributed by atoms with Gasteiger partial charge in [0.15, 0.2) is 0 Å². The van der Waals surface area contributed by atoms with Crippen LogP contribution >= 0.6 is 0 Å². The highest BCUT2D eigenvalue weighted by Crippen LogP contribution is 2.40. The van der Waals surface area contributed by atoms with Crippen molar-refractivity contribution in [1.82, 2.24) is 0 Å². The molecule has 0 aromatic rings. The van der Waals surface area contributed by atoms with Gasteiger partial charge in [-0.05, 0) is 50.9 Å². The second-order valence-corrected chi connectivity index (χ2v) is 11.5. The predicted molar refractivity (Wildman–Crippen MR) is 142 cm³/mol. The molecule has 1 saturated carbocycles. The van der Waals surface area contributed by atoms with E-state index < -0.39 is 42.2 Å². The lowest BCUT2D eigenvalue weighted by molar-refractivity contribution is -0.193. The number of ketones is 1. The molecule has 0 bridgehead atoms. The third kappa shape index (κ3) is 8.21. The van der Waals surface area contributed by atoms with Crippen molar-refractivity contribution in [2.75, 3.05) is 19.8 Å². The number of rotatable bonds is 13. The normalized spacial score (nSPS) is 35.0. The Morgan fingerprint density at radius 3 is 2.24 bits per heavy atom. The summed E-state index contributed by atoms with van der Waals surface area (Å²) < 4.78 is 18.2. The Hall–Kier alpha value is -1.10. The monoisotopic (exact) mass is 544 g/mol. The number of carbonyl (C=O) groups excluding carboxylic acids is 2. The van der Waals surface area contributed by atoms with Gasteiger partial charge >= 0.3 is 5.97 Å². The highest BCUT2D eigenvalue weighted by molar-refractivity contribution is 5.80. The van der Waals surface area contributed by atoms with E-state index in [-0.39, 0.29) is 49.1 Å². The van der Waals surface area contributed by atoms with Crippen LogP contribution in [-0.2, 0) is 23.8 Å². The first-order chi connectivity index (χ1) is 18.0. The van der Waals surface area contributed by atoms with Crippen LogP contribution in [0, 0.1) is 17.8 Å². The van der Waals surface area contributed by atoms with Crippen molar-refractivity contribution in [3.05, 3.63) is 0 Å². The Bertz CT molecular complexity index is 736. The molecule has 0 spiro atoms. The van der Waals surface area contributed by atoms with Crippen molar-refractivity contribution in [2.45, 2.75) is 134 Å². The molecule has 0 amide bonds. The fourth-order valence-corrected chi connectivity index (χ4v) is 6.52. The quantitative estimate of drug-likeness (QED) is 0.257. The van der Waals surface area contributed by atoms with E-state index in [1.807, 2.05) is 27.7 Å². The van der Waals surface area contributed by atoms with Gasteiger partial charge in [-0.25, -0.2) is 0 Å². The number of ether oxygens (including phenoxy) is 3. The summed E-state index contributed by atoms with van der Waals surface area (Å²) in [5, 5.41) is 42.3. The fourth-order valence-electron chi connectivity index (χ4n) is 6.52. The molecule has 7 atom stereocenters. The van der Waals surface area contributed by atoms with Crippen molar-refractivity contribution in [2.24, 2.45) is 17.8 Å². The van der Waals surface area contributed by atoms with Gasteiger partial charge in [-0.15, -0.1) is 0 Å². The number of Topliss-reactive ketones (excluding diaryl/α,β-unsaturated/α-hetero) is 1. The number of aliphatic hydroxyl groups is 4. The minimum Gasteiger partial charge on any atom is -0.459 e. The van der Waals surface area contributed by atoms with Gasteiger partial charge in [0.1, 0.15) is 17.5 Å². The molecule has 222 valence electrons. The van der Waals surface area contributed by atoms with Crippen LogP contribution in [0.4, 0.5) is 0 Å². The van der Waals surface area contributed by atoms with Gasteiger partial charge in [0.05, 0.1) is 43.7 Å². The van der Waals surface area contributed by atoms with Gasteiger partial charge in [0.25, 0.3) is 0 Å². The van der Waals surface area contributed by atoms with Crippen LogP contribution in [0.25, 0.3) is 0 Å². The van der Waals surface area contributed by atoms with Crippen LogP contribution in [0.2, 0.25) is 0 Å². The lowest BCUT2D eigenvalue weighted by Crippen LogP contribution is -2.52. The summed E-state index contributed by atoms with van der Waals surface area (Å²) in [5.41, 5.74) is -1.81. The van der Waals surface area contributed by atoms with E-state index in [0.717, 1.165) is 0 Å². The molecule has 7 unspecified atom stereocenters. The van der Waals surface area contributed by atoms with Crippen molar-refractivity contribution in [3.8, 4) is 0 Å². The van der Waals surface area contributed by atoms with Crippen molar-refractivity contribution in [3.63, 3.8) is 0 Å². The predicted octanol–water partition coefficient (Wildman–Crippen LogP) is 2.93. The Kier molecular flexibility index (Phi) is 13.1. The Morgan fingerprint density at radius 1 is 1.05 bits per heavy atom. The minimum absolute atomic E-state index is 0.0547.